The van der Waals surface area contributed by atoms with Crippen LogP contribution in [0.25, 0.3) is 0 Å². The third kappa shape index (κ3) is 5.46. The summed E-state index contributed by atoms with van der Waals surface area (Å²) in [7, 11) is -2.45. The van der Waals surface area contributed by atoms with E-state index in [1.54, 1.807) is 23.1 Å². The molecule has 10 heteroatoms. The van der Waals surface area contributed by atoms with Gasteiger partial charge < -0.3 is 24.2 Å². The number of carbonyl (C=O) groups is 1. The Labute approximate surface area is 171 Å². The second kappa shape index (κ2) is 9.86. The second-order valence-corrected chi connectivity index (χ2v) is 8.81. The largest absolute Gasteiger partial charge is 0.495 e. The van der Waals surface area contributed by atoms with Gasteiger partial charge in [-0.15, -0.1) is 0 Å². The monoisotopic (exact) mass is 428 g/mol. The van der Waals surface area contributed by atoms with E-state index in [9.17, 15) is 18.3 Å². The predicted octanol–water partition coefficient (Wildman–Crippen LogP) is 0.131. The molecule has 0 spiro atoms. The second-order valence-electron chi connectivity index (χ2n) is 7.13. The molecule has 2 heterocycles. The van der Waals surface area contributed by atoms with E-state index in [0.29, 0.717) is 39.1 Å². The molecule has 3 rings (SSSR count). The highest BCUT2D eigenvalue weighted by Gasteiger charge is 2.36. The summed E-state index contributed by atoms with van der Waals surface area (Å²) in [4.78, 5) is 14.2. The number of hydrogen-bond donors (Lipinski definition) is 2. The van der Waals surface area contributed by atoms with Crippen molar-refractivity contribution in [3.05, 3.63) is 24.3 Å². The smallest absolute Gasteiger partial charge is 0.244 e. The van der Waals surface area contributed by atoms with Crippen LogP contribution >= 0.6 is 0 Å². The first kappa shape index (κ1) is 22.0. The van der Waals surface area contributed by atoms with Crippen molar-refractivity contribution in [1.29, 1.82) is 0 Å². The lowest BCUT2D eigenvalue weighted by atomic mass is 9.97. The van der Waals surface area contributed by atoms with Crippen LogP contribution in [0.2, 0.25) is 0 Å². The molecule has 0 saturated carbocycles. The lowest BCUT2D eigenvalue weighted by Gasteiger charge is -2.36. The van der Waals surface area contributed by atoms with Crippen molar-refractivity contribution >= 4 is 15.9 Å². The summed E-state index contributed by atoms with van der Waals surface area (Å²) in [6.07, 6.45) is 0.111. The van der Waals surface area contributed by atoms with Gasteiger partial charge in [-0.25, -0.2) is 13.1 Å². The van der Waals surface area contributed by atoms with E-state index < -0.39 is 22.2 Å². The SMILES string of the molecule is COc1ccccc1S(=O)(=O)N[C@@H]1CC[C@H](CC(=O)N2CCOCC2)O[C@H]1CO. The number of ether oxygens (including phenoxy) is 3. The fourth-order valence-corrected chi connectivity index (χ4v) is 5.13. The van der Waals surface area contributed by atoms with Gasteiger partial charge in [0.1, 0.15) is 10.6 Å². The van der Waals surface area contributed by atoms with Crippen LogP contribution in [0.5, 0.6) is 5.75 Å². The summed E-state index contributed by atoms with van der Waals surface area (Å²) in [6.45, 7) is 1.85. The molecule has 0 bridgehead atoms. The summed E-state index contributed by atoms with van der Waals surface area (Å²) in [5, 5.41) is 9.73. The molecule has 0 radical (unpaired) electrons. The molecule has 162 valence electrons. The molecule has 1 aromatic carbocycles. The fraction of sp³-hybridized carbons (Fsp3) is 0.632. The molecule has 1 aromatic rings. The van der Waals surface area contributed by atoms with E-state index in [1.165, 1.54) is 13.2 Å². The molecule has 29 heavy (non-hydrogen) atoms. The van der Waals surface area contributed by atoms with Gasteiger partial charge in [-0.3, -0.25) is 4.79 Å². The minimum atomic E-state index is -3.86. The van der Waals surface area contributed by atoms with Crippen molar-refractivity contribution < 1.29 is 32.5 Å². The van der Waals surface area contributed by atoms with Gasteiger partial charge in [-0.2, -0.15) is 0 Å². The molecule has 0 aliphatic carbocycles. The van der Waals surface area contributed by atoms with Crippen LogP contribution in [-0.4, -0.2) is 82.6 Å². The number of morpholine rings is 1. The van der Waals surface area contributed by atoms with E-state index in [4.69, 9.17) is 14.2 Å². The summed E-state index contributed by atoms with van der Waals surface area (Å²) < 4.78 is 44.5. The van der Waals surface area contributed by atoms with E-state index in [2.05, 4.69) is 4.72 Å². The zero-order valence-corrected chi connectivity index (χ0v) is 17.3. The lowest BCUT2D eigenvalue weighted by molar-refractivity contribution is -0.143. The number of amides is 1. The minimum absolute atomic E-state index is 0.0111. The molecule has 0 aromatic heterocycles. The number of hydrogen-bond acceptors (Lipinski definition) is 7. The van der Waals surface area contributed by atoms with Crippen molar-refractivity contribution in [2.45, 2.75) is 42.4 Å². The zero-order valence-electron chi connectivity index (χ0n) is 16.5. The Kier molecular flexibility index (Phi) is 7.47. The number of nitrogens with zero attached hydrogens (tertiary/aromatic N) is 1. The molecular weight excluding hydrogens is 400 g/mol. The number of aliphatic hydroxyl groups is 1. The molecule has 1 amide bonds. The van der Waals surface area contributed by atoms with Crippen LogP contribution in [-0.2, 0) is 24.3 Å². The maximum absolute atomic E-state index is 12.8. The van der Waals surface area contributed by atoms with Crippen molar-refractivity contribution in [1.82, 2.24) is 9.62 Å². The van der Waals surface area contributed by atoms with Gasteiger partial charge in [0.15, 0.2) is 0 Å². The van der Waals surface area contributed by atoms with Gasteiger partial charge in [0.2, 0.25) is 15.9 Å². The van der Waals surface area contributed by atoms with Gasteiger partial charge in [0.25, 0.3) is 0 Å². The summed E-state index contributed by atoms with van der Waals surface area (Å²) in [5.41, 5.74) is 0. The van der Waals surface area contributed by atoms with Crippen LogP contribution in [0, 0.1) is 0 Å². The van der Waals surface area contributed by atoms with Crippen LogP contribution < -0.4 is 9.46 Å². The molecular formula is C19H28N2O7S. The Balaban J connectivity index is 1.61. The Morgan fingerprint density at radius 1 is 1.28 bits per heavy atom. The number of methoxy groups -OCH3 is 1. The predicted molar refractivity (Wildman–Crippen MR) is 104 cm³/mol. The third-order valence-electron chi connectivity index (χ3n) is 5.23. The summed E-state index contributed by atoms with van der Waals surface area (Å²) >= 11 is 0. The molecule has 9 nitrogen and oxygen atoms in total. The molecule has 2 saturated heterocycles. The molecule has 2 fully saturated rings. The fourth-order valence-electron chi connectivity index (χ4n) is 3.66. The number of sulfonamides is 1. The first-order valence-corrected chi connectivity index (χ1v) is 11.2. The Bertz CT molecular complexity index is 796. The van der Waals surface area contributed by atoms with Gasteiger partial charge in [-0.05, 0) is 25.0 Å². The maximum atomic E-state index is 12.8. The van der Waals surface area contributed by atoms with E-state index in [1.807, 2.05) is 0 Å². The van der Waals surface area contributed by atoms with Crippen molar-refractivity contribution in [2.24, 2.45) is 0 Å². The van der Waals surface area contributed by atoms with Crippen molar-refractivity contribution in [3.8, 4) is 5.75 Å². The van der Waals surface area contributed by atoms with Gasteiger partial charge in [0.05, 0.1) is 51.6 Å². The highest BCUT2D eigenvalue weighted by molar-refractivity contribution is 7.89. The molecule has 2 aliphatic rings. The topological polar surface area (TPSA) is 114 Å². The van der Waals surface area contributed by atoms with Crippen molar-refractivity contribution in [2.75, 3.05) is 40.0 Å². The lowest BCUT2D eigenvalue weighted by Crippen LogP contribution is -2.51. The van der Waals surface area contributed by atoms with Crippen molar-refractivity contribution in [3.63, 3.8) is 0 Å². The number of rotatable bonds is 7. The highest BCUT2D eigenvalue weighted by atomic mass is 32.2. The van der Waals surface area contributed by atoms with Gasteiger partial charge in [0, 0.05) is 13.1 Å². The summed E-state index contributed by atoms with van der Waals surface area (Å²) in [5.74, 6) is 0.231. The van der Waals surface area contributed by atoms with Gasteiger partial charge in [-0.1, -0.05) is 12.1 Å². The zero-order chi connectivity index (χ0) is 20.9. The van der Waals surface area contributed by atoms with Gasteiger partial charge >= 0.3 is 0 Å². The number of carbonyl (C=O) groups excluding carboxylic acids is 1. The quantitative estimate of drug-likeness (QED) is 0.634. The highest BCUT2D eigenvalue weighted by Crippen LogP contribution is 2.27. The maximum Gasteiger partial charge on any atom is 0.244 e. The average Bonchev–Trinajstić information content (AvgIpc) is 2.75. The average molecular weight is 429 g/mol. The molecule has 0 unspecified atom stereocenters. The third-order valence-corrected chi connectivity index (χ3v) is 6.76. The number of benzene rings is 1. The Hall–Kier alpha value is -1.72. The molecule has 2 aliphatic heterocycles. The molecule has 3 atom stereocenters. The van der Waals surface area contributed by atoms with Crippen LogP contribution in [0.15, 0.2) is 29.2 Å². The van der Waals surface area contributed by atoms with E-state index in [0.717, 1.165) is 0 Å². The first-order valence-electron chi connectivity index (χ1n) is 9.72. The number of para-hydroxylation sites is 1. The van der Waals surface area contributed by atoms with E-state index in [-0.39, 0.29) is 35.7 Å². The van der Waals surface area contributed by atoms with Crippen LogP contribution in [0.4, 0.5) is 0 Å². The minimum Gasteiger partial charge on any atom is -0.495 e. The standard InChI is InChI=1S/C19H28N2O7S/c1-26-16-4-2-3-5-18(16)29(24,25)20-15-7-6-14(28-17(15)13-22)12-19(23)21-8-10-27-11-9-21/h2-5,14-15,17,20,22H,6-13H2,1H3/t14-,15-,17+/m1/s1. The molecule has 2 N–H and O–H groups in total. The number of nitrogens with one attached hydrogen (secondary N) is 1. The normalized spacial score (nSPS) is 25.6. The van der Waals surface area contributed by atoms with Crippen LogP contribution in [0.1, 0.15) is 19.3 Å². The summed E-state index contributed by atoms with van der Waals surface area (Å²) in [6, 6.07) is 5.75. The van der Waals surface area contributed by atoms with Crippen LogP contribution in [0.3, 0.4) is 0 Å². The number of aliphatic hydroxyl groups excluding tert-OH is 1. The first-order chi connectivity index (χ1) is 13.9. The van der Waals surface area contributed by atoms with E-state index >= 15 is 0 Å². The Morgan fingerprint density at radius 2 is 2.00 bits per heavy atom. The Morgan fingerprint density at radius 3 is 2.69 bits per heavy atom.